The number of aromatic nitrogens is 1. The Morgan fingerprint density at radius 3 is 2.80 bits per heavy atom. The quantitative estimate of drug-likeness (QED) is 0.687. The molecular weight excluding hydrogens is 190 g/mol. The number of nitrogens with two attached hydrogens (primary N) is 1. The fourth-order valence-electron chi connectivity index (χ4n) is 1.43. The minimum Gasteiger partial charge on any atom is -0.396 e. The molecule has 4 N–H and O–H groups in total. The molecule has 0 aliphatic heterocycles. The van der Waals surface area contributed by atoms with E-state index < -0.39 is 0 Å². The average molecular weight is 209 g/mol. The highest BCUT2D eigenvalue weighted by Crippen LogP contribution is 2.18. The predicted octanol–water partition coefficient (Wildman–Crippen LogP) is 1.48. The molecule has 4 nitrogen and oxygen atoms in total. The molecule has 0 aromatic carbocycles. The highest BCUT2D eigenvalue weighted by molar-refractivity contribution is 5.60. The molecule has 15 heavy (non-hydrogen) atoms. The Morgan fingerprint density at radius 1 is 1.53 bits per heavy atom. The summed E-state index contributed by atoms with van der Waals surface area (Å²) in [6.07, 6.45) is 2.41. The zero-order valence-electron chi connectivity index (χ0n) is 9.27. The maximum atomic E-state index is 8.94. The van der Waals surface area contributed by atoms with Crippen molar-refractivity contribution in [2.45, 2.75) is 26.3 Å². The van der Waals surface area contributed by atoms with Crippen LogP contribution in [0.4, 0.5) is 11.5 Å². The van der Waals surface area contributed by atoms with Crippen LogP contribution in [0.1, 0.15) is 20.3 Å². The van der Waals surface area contributed by atoms with Crippen molar-refractivity contribution in [2.24, 2.45) is 5.92 Å². The van der Waals surface area contributed by atoms with Crippen LogP contribution in [0.5, 0.6) is 0 Å². The largest absolute Gasteiger partial charge is 0.396 e. The molecule has 0 radical (unpaired) electrons. The molecule has 0 aliphatic rings. The molecule has 4 heteroatoms. The Balaban J connectivity index is 2.69. The Kier molecular flexibility index (Phi) is 4.37. The highest BCUT2D eigenvalue weighted by atomic mass is 16.3. The van der Waals surface area contributed by atoms with Crippen LogP contribution in [-0.2, 0) is 0 Å². The highest BCUT2D eigenvalue weighted by Gasteiger charge is 2.13. The Morgan fingerprint density at radius 2 is 2.27 bits per heavy atom. The van der Waals surface area contributed by atoms with E-state index in [4.69, 9.17) is 10.8 Å². The van der Waals surface area contributed by atoms with Crippen LogP contribution in [0.15, 0.2) is 18.3 Å². The molecule has 1 aromatic rings. The van der Waals surface area contributed by atoms with Crippen LogP contribution in [0.25, 0.3) is 0 Å². The number of hydrogen-bond acceptors (Lipinski definition) is 4. The number of nitrogen functional groups attached to an aromatic ring is 1. The van der Waals surface area contributed by atoms with Crippen LogP contribution in [0.2, 0.25) is 0 Å². The summed E-state index contributed by atoms with van der Waals surface area (Å²) in [4.78, 5) is 4.16. The summed E-state index contributed by atoms with van der Waals surface area (Å²) >= 11 is 0. The number of nitrogens with one attached hydrogen (secondary N) is 1. The van der Waals surface area contributed by atoms with Crippen LogP contribution in [0, 0.1) is 5.92 Å². The molecule has 0 saturated heterocycles. The molecule has 0 bridgehead atoms. The number of rotatable bonds is 5. The molecule has 0 amide bonds. The van der Waals surface area contributed by atoms with Crippen LogP contribution < -0.4 is 11.1 Å². The van der Waals surface area contributed by atoms with Crippen molar-refractivity contribution >= 4 is 11.5 Å². The monoisotopic (exact) mass is 209 g/mol. The van der Waals surface area contributed by atoms with Crippen molar-refractivity contribution in [1.82, 2.24) is 4.98 Å². The van der Waals surface area contributed by atoms with E-state index in [2.05, 4.69) is 24.1 Å². The molecule has 0 fully saturated rings. The van der Waals surface area contributed by atoms with Crippen LogP contribution in [0.3, 0.4) is 0 Å². The van der Waals surface area contributed by atoms with Crippen molar-refractivity contribution in [3.63, 3.8) is 0 Å². The minimum absolute atomic E-state index is 0.169. The van der Waals surface area contributed by atoms with E-state index in [-0.39, 0.29) is 12.6 Å². The normalized spacial score (nSPS) is 12.8. The first-order valence-electron chi connectivity index (χ1n) is 5.23. The summed E-state index contributed by atoms with van der Waals surface area (Å²) in [7, 11) is 0. The first-order chi connectivity index (χ1) is 7.15. The third-order valence-corrected chi connectivity index (χ3v) is 2.41. The molecule has 1 atom stereocenters. The summed E-state index contributed by atoms with van der Waals surface area (Å²) in [5, 5.41) is 12.2. The average Bonchev–Trinajstić information content (AvgIpc) is 2.20. The second kappa shape index (κ2) is 5.56. The van der Waals surface area contributed by atoms with Crippen LogP contribution in [-0.4, -0.2) is 22.7 Å². The topological polar surface area (TPSA) is 71.2 Å². The molecule has 84 valence electrons. The van der Waals surface area contributed by atoms with Crippen molar-refractivity contribution in [3.8, 4) is 0 Å². The Hall–Kier alpha value is -1.29. The number of anilines is 2. The van der Waals surface area contributed by atoms with E-state index in [1.807, 2.05) is 6.07 Å². The maximum Gasteiger partial charge on any atom is 0.149 e. The SMILES string of the molecule is CC(C)C(CCO)Nc1ncccc1N. The Bertz CT molecular complexity index is 302. The number of pyridine rings is 1. The van der Waals surface area contributed by atoms with E-state index >= 15 is 0 Å². The van der Waals surface area contributed by atoms with E-state index in [1.54, 1.807) is 12.3 Å². The summed E-state index contributed by atoms with van der Waals surface area (Å²) in [5.74, 6) is 1.13. The van der Waals surface area contributed by atoms with E-state index in [0.717, 1.165) is 0 Å². The van der Waals surface area contributed by atoms with Gasteiger partial charge in [-0.2, -0.15) is 0 Å². The van der Waals surface area contributed by atoms with Gasteiger partial charge in [-0.05, 0) is 24.5 Å². The summed E-state index contributed by atoms with van der Waals surface area (Å²) in [5.41, 5.74) is 6.42. The summed E-state index contributed by atoms with van der Waals surface area (Å²) in [6.45, 7) is 4.38. The van der Waals surface area contributed by atoms with Gasteiger partial charge in [-0.15, -0.1) is 0 Å². The van der Waals surface area contributed by atoms with Crippen molar-refractivity contribution in [2.75, 3.05) is 17.7 Å². The molecule has 1 aromatic heterocycles. The lowest BCUT2D eigenvalue weighted by Crippen LogP contribution is -2.27. The van der Waals surface area contributed by atoms with Gasteiger partial charge in [0.05, 0.1) is 5.69 Å². The van der Waals surface area contributed by atoms with Gasteiger partial charge in [0.2, 0.25) is 0 Å². The smallest absolute Gasteiger partial charge is 0.149 e. The van der Waals surface area contributed by atoms with E-state index in [1.165, 1.54) is 0 Å². The predicted molar refractivity (Wildman–Crippen MR) is 62.6 cm³/mol. The first-order valence-corrected chi connectivity index (χ1v) is 5.23. The van der Waals surface area contributed by atoms with Gasteiger partial charge in [0.1, 0.15) is 5.82 Å². The molecule has 1 unspecified atom stereocenters. The molecule has 0 aliphatic carbocycles. The van der Waals surface area contributed by atoms with Gasteiger partial charge in [0, 0.05) is 18.8 Å². The lowest BCUT2D eigenvalue weighted by atomic mass is 10.0. The number of aliphatic hydroxyl groups is 1. The van der Waals surface area contributed by atoms with Gasteiger partial charge >= 0.3 is 0 Å². The third kappa shape index (κ3) is 3.40. The Labute approximate surface area is 90.5 Å². The lowest BCUT2D eigenvalue weighted by Gasteiger charge is -2.22. The molecular formula is C11H19N3O. The van der Waals surface area contributed by atoms with Gasteiger partial charge in [-0.25, -0.2) is 4.98 Å². The number of nitrogens with zero attached hydrogens (tertiary/aromatic N) is 1. The first kappa shape index (κ1) is 11.8. The number of hydrogen-bond donors (Lipinski definition) is 3. The second-order valence-corrected chi connectivity index (χ2v) is 3.95. The van der Waals surface area contributed by atoms with E-state index in [9.17, 15) is 0 Å². The van der Waals surface area contributed by atoms with Crippen molar-refractivity contribution in [1.29, 1.82) is 0 Å². The third-order valence-electron chi connectivity index (χ3n) is 2.41. The zero-order chi connectivity index (χ0) is 11.3. The van der Waals surface area contributed by atoms with Gasteiger partial charge in [0.25, 0.3) is 0 Å². The maximum absolute atomic E-state index is 8.94. The van der Waals surface area contributed by atoms with Crippen LogP contribution >= 0.6 is 0 Å². The summed E-state index contributed by atoms with van der Waals surface area (Å²) < 4.78 is 0. The minimum atomic E-state index is 0.169. The van der Waals surface area contributed by atoms with Gasteiger partial charge in [-0.1, -0.05) is 13.8 Å². The summed E-state index contributed by atoms with van der Waals surface area (Å²) in [6, 6.07) is 3.81. The van der Waals surface area contributed by atoms with Gasteiger partial charge in [-0.3, -0.25) is 0 Å². The van der Waals surface area contributed by atoms with Gasteiger partial charge in [0.15, 0.2) is 0 Å². The number of aliphatic hydroxyl groups excluding tert-OH is 1. The molecule has 0 spiro atoms. The fourth-order valence-corrected chi connectivity index (χ4v) is 1.43. The van der Waals surface area contributed by atoms with Gasteiger partial charge < -0.3 is 16.2 Å². The molecule has 1 rings (SSSR count). The standard InChI is InChI=1S/C11H19N3O/c1-8(2)10(5-7-15)14-11-9(12)4-3-6-13-11/h3-4,6,8,10,15H,5,7,12H2,1-2H3,(H,13,14). The molecule has 0 saturated carbocycles. The lowest BCUT2D eigenvalue weighted by molar-refractivity contribution is 0.267. The van der Waals surface area contributed by atoms with E-state index in [0.29, 0.717) is 23.8 Å². The van der Waals surface area contributed by atoms with Crippen molar-refractivity contribution in [3.05, 3.63) is 18.3 Å². The fraction of sp³-hybridized carbons (Fsp3) is 0.545. The second-order valence-electron chi connectivity index (χ2n) is 3.95. The molecule has 1 heterocycles. The zero-order valence-corrected chi connectivity index (χ0v) is 9.27. The van der Waals surface area contributed by atoms with Crippen molar-refractivity contribution < 1.29 is 5.11 Å².